The van der Waals surface area contributed by atoms with Crippen LogP contribution in [0.5, 0.6) is 11.5 Å². The second-order valence-electron chi connectivity index (χ2n) is 8.85. The SMILES string of the molecule is CCOC(=O)CNC(=O)C(c1ccc(OC)c(OC)c1)N(C(=O)c1snc(C(N)=O)c1N)c1cccc2ccccc12. The summed E-state index contributed by atoms with van der Waals surface area (Å²) in [6.45, 7) is 1.33. The van der Waals surface area contributed by atoms with Crippen molar-refractivity contribution in [1.29, 1.82) is 0 Å². The topological polar surface area (TPSA) is 176 Å². The molecule has 13 heteroatoms. The highest BCUT2D eigenvalue weighted by Gasteiger charge is 2.37. The van der Waals surface area contributed by atoms with Crippen LogP contribution in [0.15, 0.2) is 60.7 Å². The number of carbonyl (C=O) groups is 4. The van der Waals surface area contributed by atoms with Gasteiger partial charge in [0.2, 0.25) is 5.91 Å². The Labute approximate surface area is 245 Å². The number of aromatic nitrogens is 1. The van der Waals surface area contributed by atoms with Crippen molar-refractivity contribution in [3.8, 4) is 11.5 Å². The number of fused-ring (bicyclic) bond motifs is 1. The third kappa shape index (κ3) is 5.95. The molecule has 42 heavy (non-hydrogen) atoms. The fraction of sp³-hybridized carbons (Fsp3) is 0.207. The molecule has 0 saturated heterocycles. The molecule has 0 spiro atoms. The van der Waals surface area contributed by atoms with Crippen LogP contribution in [0.4, 0.5) is 11.4 Å². The zero-order chi connectivity index (χ0) is 30.4. The highest BCUT2D eigenvalue weighted by Crippen LogP contribution is 2.39. The van der Waals surface area contributed by atoms with Crippen molar-refractivity contribution in [1.82, 2.24) is 9.69 Å². The molecule has 12 nitrogen and oxygen atoms in total. The number of amides is 3. The second-order valence-corrected chi connectivity index (χ2v) is 9.62. The summed E-state index contributed by atoms with van der Waals surface area (Å²) in [6, 6.07) is 16.0. The van der Waals surface area contributed by atoms with Gasteiger partial charge < -0.3 is 31.0 Å². The average Bonchev–Trinajstić information content (AvgIpc) is 3.39. The number of primary amides is 1. The molecule has 0 saturated carbocycles. The maximum atomic E-state index is 14.4. The van der Waals surface area contributed by atoms with Gasteiger partial charge in [-0.3, -0.25) is 24.1 Å². The van der Waals surface area contributed by atoms with Gasteiger partial charge in [0, 0.05) is 5.39 Å². The average molecular weight is 592 g/mol. The smallest absolute Gasteiger partial charge is 0.325 e. The Balaban J connectivity index is 1.97. The first-order valence-electron chi connectivity index (χ1n) is 12.7. The van der Waals surface area contributed by atoms with Crippen molar-refractivity contribution < 1.29 is 33.4 Å². The maximum absolute atomic E-state index is 14.4. The largest absolute Gasteiger partial charge is 0.493 e. The van der Waals surface area contributed by atoms with E-state index in [9.17, 15) is 19.2 Å². The van der Waals surface area contributed by atoms with Crippen LogP contribution in [0.3, 0.4) is 0 Å². The number of methoxy groups -OCH3 is 2. The molecule has 0 fully saturated rings. The summed E-state index contributed by atoms with van der Waals surface area (Å²) >= 11 is 0.686. The number of nitrogens with one attached hydrogen (secondary N) is 1. The summed E-state index contributed by atoms with van der Waals surface area (Å²) < 4.78 is 19.8. The normalized spacial score (nSPS) is 11.4. The number of ether oxygens (including phenoxy) is 3. The third-order valence-corrected chi connectivity index (χ3v) is 7.19. The van der Waals surface area contributed by atoms with Gasteiger partial charge in [-0.1, -0.05) is 42.5 Å². The number of esters is 1. The Hall–Kier alpha value is -5.17. The number of nitrogen functional groups attached to an aromatic ring is 1. The molecule has 0 aliphatic heterocycles. The summed E-state index contributed by atoms with van der Waals surface area (Å²) in [5.74, 6) is -2.28. The number of rotatable bonds is 11. The molecule has 3 aromatic carbocycles. The van der Waals surface area contributed by atoms with Gasteiger partial charge in [-0.2, -0.15) is 4.37 Å². The van der Waals surface area contributed by atoms with Gasteiger partial charge >= 0.3 is 5.97 Å². The van der Waals surface area contributed by atoms with E-state index in [4.69, 9.17) is 25.7 Å². The molecular formula is C29H29N5O7S. The lowest BCUT2D eigenvalue weighted by atomic mass is 9.99. The molecule has 218 valence electrons. The number of benzene rings is 3. The van der Waals surface area contributed by atoms with Crippen LogP contribution in [0.25, 0.3) is 10.8 Å². The lowest BCUT2D eigenvalue weighted by Crippen LogP contribution is -2.45. The van der Waals surface area contributed by atoms with E-state index >= 15 is 0 Å². The third-order valence-electron chi connectivity index (χ3n) is 6.34. The highest BCUT2D eigenvalue weighted by molar-refractivity contribution is 7.09. The molecular weight excluding hydrogens is 562 g/mol. The molecule has 4 aromatic rings. The van der Waals surface area contributed by atoms with Crippen molar-refractivity contribution in [2.45, 2.75) is 13.0 Å². The standard InChI is InChI=1S/C29H29N5O7S/c1-4-41-22(35)15-32-28(37)25(17-12-13-20(39-2)21(14-17)40-3)34(19-11-7-9-16-8-5-6-10-18(16)19)29(38)26-23(30)24(27(31)36)33-42-26/h5-14,25H,4,15,30H2,1-3H3,(H2,31,36)(H,32,37). The maximum Gasteiger partial charge on any atom is 0.325 e. The van der Waals surface area contributed by atoms with Crippen molar-refractivity contribution in [2.24, 2.45) is 5.73 Å². The fourth-order valence-electron chi connectivity index (χ4n) is 4.43. The van der Waals surface area contributed by atoms with E-state index in [0.29, 0.717) is 39.7 Å². The molecule has 0 radical (unpaired) electrons. The number of anilines is 2. The highest BCUT2D eigenvalue weighted by atomic mass is 32.1. The predicted octanol–water partition coefficient (Wildman–Crippen LogP) is 3.06. The lowest BCUT2D eigenvalue weighted by molar-refractivity contribution is -0.143. The van der Waals surface area contributed by atoms with Gasteiger partial charge in [0.25, 0.3) is 11.8 Å². The van der Waals surface area contributed by atoms with Gasteiger partial charge in [-0.05, 0) is 47.6 Å². The molecule has 0 bridgehead atoms. The molecule has 1 atom stereocenters. The molecule has 0 aliphatic carbocycles. The molecule has 4 rings (SSSR count). The van der Waals surface area contributed by atoms with Gasteiger partial charge in [0.1, 0.15) is 17.5 Å². The van der Waals surface area contributed by atoms with Crippen molar-refractivity contribution >= 4 is 57.4 Å². The zero-order valence-electron chi connectivity index (χ0n) is 23.1. The first-order chi connectivity index (χ1) is 20.2. The van der Waals surface area contributed by atoms with Gasteiger partial charge in [0.05, 0.1) is 32.2 Å². The van der Waals surface area contributed by atoms with Gasteiger partial charge in [0.15, 0.2) is 17.2 Å². The van der Waals surface area contributed by atoms with Crippen molar-refractivity contribution in [2.75, 3.05) is 38.0 Å². The van der Waals surface area contributed by atoms with Gasteiger partial charge in [-0.25, -0.2) is 0 Å². The number of hydrogen-bond donors (Lipinski definition) is 3. The Morgan fingerprint density at radius 1 is 1.00 bits per heavy atom. The van der Waals surface area contributed by atoms with E-state index in [1.54, 1.807) is 49.4 Å². The van der Waals surface area contributed by atoms with Crippen molar-refractivity contribution in [3.05, 3.63) is 76.8 Å². The van der Waals surface area contributed by atoms with E-state index in [1.165, 1.54) is 19.1 Å². The Bertz CT molecular complexity index is 1650. The van der Waals surface area contributed by atoms with Crippen LogP contribution >= 0.6 is 11.5 Å². The monoisotopic (exact) mass is 591 g/mol. The van der Waals surface area contributed by atoms with E-state index in [2.05, 4.69) is 9.69 Å². The summed E-state index contributed by atoms with van der Waals surface area (Å²) in [5.41, 5.74) is 11.8. The van der Waals surface area contributed by atoms with E-state index in [0.717, 1.165) is 5.39 Å². The Morgan fingerprint density at radius 3 is 2.38 bits per heavy atom. The molecule has 5 N–H and O–H groups in total. The van der Waals surface area contributed by atoms with Gasteiger partial charge in [-0.15, -0.1) is 0 Å². The Morgan fingerprint density at radius 2 is 1.71 bits per heavy atom. The fourth-order valence-corrected chi connectivity index (χ4v) is 5.17. The predicted molar refractivity (Wildman–Crippen MR) is 158 cm³/mol. The minimum absolute atomic E-state index is 0.0968. The molecule has 1 unspecified atom stereocenters. The number of hydrogen-bond acceptors (Lipinski definition) is 10. The van der Waals surface area contributed by atoms with Crippen LogP contribution in [-0.4, -0.2) is 55.4 Å². The van der Waals surface area contributed by atoms with Crippen LogP contribution in [0, 0.1) is 0 Å². The van der Waals surface area contributed by atoms with Crippen LogP contribution < -0.4 is 31.2 Å². The number of nitrogens with two attached hydrogens (primary N) is 2. The lowest BCUT2D eigenvalue weighted by Gasteiger charge is -2.32. The van der Waals surface area contributed by atoms with Crippen LogP contribution in [-0.2, 0) is 14.3 Å². The zero-order valence-corrected chi connectivity index (χ0v) is 23.9. The van der Waals surface area contributed by atoms with E-state index < -0.39 is 36.3 Å². The summed E-state index contributed by atoms with van der Waals surface area (Å²) in [4.78, 5) is 53.6. The first kappa shape index (κ1) is 29.8. The number of carbonyl (C=O) groups excluding carboxylic acids is 4. The van der Waals surface area contributed by atoms with Crippen LogP contribution in [0.2, 0.25) is 0 Å². The summed E-state index contributed by atoms with van der Waals surface area (Å²) in [7, 11) is 2.91. The summed E-state index contributed by atoms with van der Waals surface area (Å²) in [6.07, 6.45) is 0. The van der Waals surface area contributed by atoms with E-state index in [-0.39, 0.29) is 22.9 Å². The molecule has 1 aromatic heterocycles. The molecule has 3 amide bonds. The minimum atomic E-state index is -1.36. The first-order valence-corrected chi connectivity index (χ1v) is 13.5. The number of nitrogens with zero attached hydrogens (tertiary/aromatic N) is 2. The van der Waals surface area contributed by atoms with Crippen molar-refractivity contribution in [3.63, 3.8) is 0 Å². The molecule has 0 aliphatic rings. The Kier molecular flexibility index (Phi) is 9.22. The van der Waals surface area contributed by atoms with E-state index in [1.807, 2.05) is 18.2 Å². The second kappa shape index (κ2) is 13.0. The minimum Gasteiger partial charge on any atom is -0.493 e. The summed E-state index contributed by atoms with van der Waals surface area (Å²) in [5, 5.41) is 4.02. The quantitative estimate of drug-likeness (QED) is 0.221. The molecule has 1 heterocycles. The van der Waals surface area contributed by atoms with Crippen LogP contribution in [0.1, 0.15) is 38.7 Å².